The molecule has 2 rings (SSSR count). The van der Waals surface area contributed by atoms with Crippen molar-refractivity contribution >= 4 is 0 Å². The summed E-state index contributed by atoms with van der Waals surface area (Å²) in [5.74, 6) is -1.17. The monoisotopic (exact) mass is 229 g/mol. The van der Waals surface area contributed by atoms with Crippen molar-refractivity contribution in [3.63, 3.8) is 0 Å². The Morgan fingerprint density at radius 1 is 1.38 bits per heavy atom. The third kappa shape index (κ3) is 2.55. The standard InChI is InChI=1S/C11H13F2NO2/c12-8-2-1-7(9(13)3-8)4-14-10-5-16-6-11(10)15/h1-3,10-11,14-15H,4-6H2. The molecule has 0 spiro atoms. The molecule has 0 aromatic heterocycles. The number of aliphatic hydroxyl groups is 1. The number of halogens is 2. The number of ether oxygens (including phenoxy) is 1. The van der Waals surface area contributed by atoms with Crippen molar-refractivity contribution in [1.82, 2.24) is 5.32 Å². The molecule has 2 atom stereocenters. The second-order valence-corrected chi connectivity index (χ2v) is 3.83. The molecule has 3 nitrogen and oxygen atoms in total. The minimum absolute atomic E-state index is 0.190. The smallest absolute Gasteiger partial charge is 0.130 e. The third-order valence-electron chi connectivity index (χ3n) is 2.62. The average molecular weight is 229 g/mol. The van der Waals surface area contributed by atoms with Crippen molar-refractivity contribution < 1.29 is 18.6 Å². The van der Waals surface area contributed by atoms with Crippen LogP contribution in [0.4, 0.5) is 8.78 Å². The maximum atomic E-state index is 13.2. The maximum absolute atomic E-state index is 13.2. The topological polar surface area (TPSA) is 41.5 Å². The van der Waals surface area contributed by atoms with E-state index < -0.39 is 17.7 Å². The number of benzene rings is 1. The zero-order valence-corrected chi connectivity index (χ0v) is 8.62. The van der Waals surface area contributed by atoms with Crippen LogP contribution in [0.3, 0.4) is 0 Å². The summed E-state index contributed by atoms with van der Waals surface area (Å²) >= 11 is 0. The minimum atomic E-state index is -0.592. The molecular formula is C11H13F2NO2. The molecule has 16 heavy (non-hydrogen) atoms. The van der Waals surface area contributed by atoms with Crippen LogP contribution in [0.1, 0.15) is 5.56 Å². The van der Waals surface area contributed by atoms with Gasteiger partial charge in [-0.3, -0.25) is 0 Å². The molecule has 88 valence electrons. The number of hydrogen-bond acceptors (Lipinski definition) is 3. The van der Waals surface area contributed by atoms with Gasteiger partial charge >= 0.3 is 0 Å². The fourth-order valence-corrected chi connectivity index (χ4v) is 1.64. The van der Waals surface area contributed by atoms with Gasteiger partial charge in [-0.1, -0.05) is 6.07 Å². The van der Waals surface area contributed by atoms with Crippen molar-refractivity contribution in [2.45, 2.75) is 18.7 Å². The molecule has 1 fully saturated rings. The van der Waals surface area contributed by atoms with Gasteiger partial charge in [0.05, 0.1) is 25.4 Å². The molecule has 0 aliphatic carbocycles. The first-order valence-electron chi connectivity index (χ1n) is 5.10. The first-order chi connectivity index (χ1) is 7.66. The van der Waals surface area contributed by atoms with Crippen LogP contribution in [0, 0.1) is 11.6 Å². The summed E-state index contributed by atoms with van der Waals surface area (Å²) in [6, 6.07) is 3.25. The highest BCUT2D eigenvalue weighted by atomic mass is 19.1. The highest BCUT2D eigenvalue weighted by Crippen LogP contribution is 2.11. The molecule has 0 saturated carbocycles. The van der Waals surface area contributed by atoms with E-state index in [1.165, 1.54) is 12.1 Å². The first-order valence-corrected chi connectivity index (χ1v) is 5.10. The van der Waals surface area contributed by atoms with Crippen LogP contribution < -0.4 is 5.32 Å². The summed E-state index contributed by atoms with van der Waals surface area (Å²) in [7, 11) is 0. The molecule has 1 heterocycles. The lowest BCUT2D eigenvalue weighted by Crippen LogP contribution is -2.38. The van der Waals surface area contributed by atoms with Crippen LogP contribution in [-0.4, -0.2) is 30.5 Å². The van der Waals surface area contributed by atoms with Crippen LogP contribution in [0.2, 0.25) is 0 Å². The van der Waals surface area contributed by atoms with Gasteiger partial charge in [-0.25, -0.2) is 8.78 Å². The van der Waals surface area contributed by atoms with Crippen LogP contribution in [0.5, 0.6) is 0 Å². The molecule has 2 unspecified atom stereocenters. The second-order valence-electron chi connectivity index (χ2n) is 3.83. The van der Waals surface area contributed by atoms with Crippen molar-refractivity contribution in [3.8, 4) is 0 Å². The molecule has 1 aromatic carbocycles. The number of nitrogens with one attached hydrogen (secondary N) is 1. The van der Waals surface area contributed by atoms with Crippen LogP contribution >= 0.6 is 0 Å². The Morgan fingerprint density at radius 2 is 2.19 bits per heavy atom. The van der Waals surface area contributed by atoms with Crippen molar-refractivity contribution in [2.75, 3.05) is 13.2 Å². The van der Waals surface area contributed by atoms with E-state index in [0.29, 0.717) is 18.8 Å². The van der Waals surface area contributed by atoms with Gasteiger partial charge in [0.1, 0.15) is 11.6 Å². The molecule has 2 N–H and O–H groups in total. The van der Waals surface area contributed by atoms with Gasteiger partial charge in [0.15, 0.2) is 0 Å². The molecule has 1 aromatic rings. The normalized spacial score (nSPS) is 24.9. The summed E-state index contributed by atoms with van der Waals surface area (Å²) in [6.45, 7) is 0.949. The van der Waals surface area contributed by atoms with Crippen molar-refractivity contribution in [3.05, 3.63) is 35.4 Å². The Kier molecular flexibility index (Phi) is 3.48. The quantitative estimate of drug-likeness (QED) is 0.806. The number of hydrogen-bond donors (Lipinski definition) is 2. The van der Waals surface area contributed by atoms with E-state index in [1.807, 2.05) is 0 Å². The summed E-state index contributed by atoms with van der Waals surface area (Å²) in [6.07, 6.45) is -0.566. The molecular weight excluding hydrogens is 216 g/mol. The molecule has 1 saturated heterocycles. The first kappa shape index (κ1) is 11.4. The number of aliphatic hydroxyl groups excluding tert-OH is 1. The van der Waals surface area contributed by atoms with E-state index in [4.69, 9.17) is 4.74 Å². The predicted molar refractivity (Wildman–Crippen MR) is 53.8 cm³/mol. The highest BCUT2D eigenvalue weighted by molar-refractivity contribution is 5.18. The van der Waals surface area contributed by atoms with Crippen molar-refractivity contribution in [2.24, 2.45) is 0 Å². The van der Waals surface area contributed by atoms with Crippen molar-refractivity contribution in [1.29, 1.82) is 0 Å². The van der Waals surface area contributed by atoms with E-state index in [2.05, 4.69) is 5.32 Å². The van der Waals surface area contributed by atoms with E-state index in [-0.39, 0.29) is 12.6 Å². The van der Waals surface area contributed by atoms with Gasteiger partial charge in [0.25, 0.3) is 0 Å². The van der Waals surface area contributed by atoms with Gasteiger partial charge in [-0.15, -0.1) is 0 Å². The fraction of sp³-hybridized carbons (Fsp3) is 0.455. The molecule has 0 amide bonds. The van der Waals surface area contributed by atoms with Gasteiger partial charge in [0, 0.05) is 18.2 Å². The summed E-state index contributed by atoms with van der Waals surface area (Å²) < 4.78 is 30.9. The summed E-state index contributed by atoms with van der Waals surface area (Å²) in [4.78, 5) is 0. The van der Waals surface area contributed by atoms with E-state index in [1.54, 1.807) is 0 Å². The summed E-state index contributed by atoms with van der Waals surface area (Å²) in [5.41, 5.74) is 0.375. The zero-order chi connectivity index (χ0) is 11.5. The average Bonchev–Trinajstić information content (AvgIpc) is 2.63. The Bertz CT molecular complexity index is 373. The summed E-state index contributed by atoms with van der Waals surface area (Å²) in [5, 5.41) is 12.4. The number of rotatable bonds is 3. The fourth-order valence-electron chi connectivity index (χ4n) is 1.64. The molecule has 0 bridgehead atoms. The van der Waals surface area contributed by atoms with E-state index in [9.17, 15) is 13.9 Å². The Morgan fingerprint density at radius 3 is 2.81 bits per heavy atom. The van der Waals surface area contributed by atoms with E-state index >= 15 is 0 Å². The SMILES string of the molecule is OC1COCC1NCc1ccc(F)cc1F. The maximum Gasteiger partial charge on any atom is 0.130 e. The minimum Gasteiger partial charge on any atom is -0.389 e. The third-order valence-corrected chi connectivity index (χ3v) is 2.62. The Balaban J connectivity index is 1.94. The van der Waals surface area contributed by atoms with Crippen LogP contribution in [-0.2, 0) is 11.3 Å². The zero-order valence-electron chi connectivity index (χ0n) is 8.62. The molecule has 1 aliphatic rings. The molecule has 0 radical (unpaired) electrons. The second kappa shape index (κ2) is 4.86. The molecule has 1 aliphatic heterocycles. The van der Waals surface area contributed by atoms with Gasteiger partial charge in [-0.2, -0.15) is 0 Å². The van der Waals surface area contributed by atoms with Crippen LogP contribution in [0.15, 0.2) is 18.2 Å². The Hall–Kier alpha value is -1.04. The predicted octanol–water partition coefficient (Wildman–Crippen LogP) is 0.814. The largest absolute Gasteiger partial charge is 0.389 e. The highest BCUT2D eigenvalue weighted by Gasteiger charge is 2.25. The van der Waals surface area contributed by atoms with Gasteiger partial charge in [-0.05, 0) is 6.07 Å². The Labute approximate surface area is 92.0 Å². The molecule has 5 heteroatoms. The van der Waals surface area contributed by atoms with Gasteiger partial charge in [0.2, 0.25) is 0 Å². The van der Waals surface area contributed by atoms with Gasteiger partial charge < -0.3 is 15.2 Å². The van der Waals surface area contributed by atoms with Crippen LogP contribution in [0.25, 0.3) is 0 Å². The lowest BCUT2D eigenvalue weighted by Gasteiger charge is -2.14. The lowest BCUT2D eigenvalue weighted by atomic mass is 10.1. The van der Waals surface area contributed by atoms with E-state index in [0.717, 1.165) is 6.07 Å². The lowest BCUT2D eigenvalue weighted by molar-refractivity contribution is 0.122.